The maximum Gasteiger partial charge on any atom is 0.266 e. The van der Waals surface area contributed by atoms with Crippen molar-refractivity contribution in [2.24, 2.45) is 0 Å². The molecular formula is C18H17Cl2N3O4S. The minimum atomic E-state index is -3.90. The molecule has 2 aromatic carbocycles. The molecule has 0 fully saturated rings. The molecule has 0 aliphatic rings. The van der Waals surface area contributed by atoms with Crippen LogP contribution in [0.3, 0.4) is 0 Å². The van der Waals surface area contributed by atoms with Crippen molar-refractivity contribution < 1.29 is 17.9 Å². The van der Waals surface area contributed by atoms with Gasteiger partial charge in [-0.3, -0.25) is 9.40 Å². The van der Waals surface area contributed by atoms with E-state index < -0.39 is 10.0 Å². The Kier molecular flexibility index (Phi) is 6.02. The van der Waals surface area contributed by atoms with Gasteiger partial charge >= 0.3 is 0 Å². The van der Waals surface area contributed by atoms with Gasteiger partial charge in [0.15, 0.2) is 5.82 Å². The lowest BCUT2D eigenvalue weighted by Crippen LogP contribution is -2.15. The molecule has 7 nitrogen and oxygen atoms in total. The van der Waals surface area contributed by atoms with Gasteiger partial charge in [-0.05, 0) is 29.8 Å². The minimum Gasteiger partial charge on any atom is -0.497 e. The Balaban J connectivity index is 1.79. The number of halogens is 2. The standard InChI is InChI=1S/C18H17Cl2N3O4S/c1-26-13-4-6-17(16(10-13)27-2)28(24,25)22-18-7-8-23(21-18)11-12-3-5-14(19)15(20)9-12/h3-10H,11H2,1-2H3,(H,21,22). The zero-order valence-corrected chi connectivity index (χ0v) is 17.3. The first-order valence-corrected chi connectivity index (χ1v) is 10.3. The number of rotatable bonds is 7. The minimum absolute atomic E-state index is 0.0187. The van der Waals surface area contributed by atoms with Crippen molar-refractivity contribution in [2.45, 2.75) is 11.4 Å². The Labute approximate surface area is 172 Å². The smallest absolute Gasteiger partial charge is 0.266 e. The summed E-state index contributed by atoms with van der Waals surface area (Å²) >= 11 is 11.9. The monoisotopic (exact) mass is 441 g/mol. The molecule has 1 N–H and O–H groups in total. The Hall–Kier alpha value is -2.42. The molecule has 0 bridgehead atoms. The molecule has 0 spiro atoms. The van der Waals surface area contributed by atoms with Gasteiger partial charge in [0.2, 0.25) is 0 Å². The number of nitrogens with one attached hydrogen (secondary N) is 1. The Morgan fingerprint density at radius 3 is 2.50 bits per heavy atom. The van der Waals surface area contributed by atoms with Gasteiger partial charge < -0.3 is 9.47 Å². The quantitative estimate of drug-likeness (QED) is 0.597. The highest BCUT2D eigenvalue weighted by atomic mass is 35.5. The Bertz CT molecular complexity index is 1100. The van der Waals surface area contributed by atoms with Crippen LogP contribution in [0.4, 0.5) is 5.82 Å². The van der Waals surface area contributed by atoms with Gasteiger partial charge in [-0.15, -0.1) is 0 Å². The number of aromatic nitrogens is 2. The third kappa shape index (κ3) is 4.52. The van der Waals surface area contributed by atoms with Crippen molar-refractivity contribution in [2.75, 3.05) is 18.9 Å². The van der Waals surface area contributed by atoms with Crippen LogP contribution in [0.1, 0.15) is 5.56 Å². The number of benzene rings is 2. The molecule has 0 saturated heterocycles. The van der Waals surface area contributed by atoms with Crippen molar-refractivity contribution >= 4 is 39.0 Å². The van der Waals surface area contributed by atoms with Crippen LogP contribution >= 0.6 is 23.2 Å². The van der Waals surface area contributed by atoms with Crippen LogP contribution in [0.15, 0.2) is 53.6 Å². The van der Waals surface area contributed by atoms with E-state index in [4.69, 9.17) is 32.7 Å². The van der Waals surface area contributed by atoms with E-state index in [1.54, 1.807) is 35.1 Å². The number of ether oxygens (including phenoxy) is 2. The predicted molar refractivity (Wildman–Crippen MR) is 108 cm³/mol. The molecule has 0 aliphatic carbocycles. The number of hydrogen-bond donors (Lipinski definition) is 1. The second-order valence-electron chi connectivity index (χ2n) is 5.77. The summed E-state index contributed by atoms with van der Waals surface area (Å²) in [6.07, 6.45) is 1.66. The summed E-state index contributed by atoms with van der Waals surface area (Å²) in [6.45, 7) is 0.407. The second kappa shape index (κ2) is 8.30. The summed E-state index contributed by atoms with van der Waals surface area (Å²) in [4.78, 5) is -0.0187. The zero-order chi connectivity index (χ0) is 20.3. The SMILES string of the molecule is COc1ccc(S(=O)(=O)Nc2ccn(Cc3ccc(Cl)c(Cl)c3)n2)c(OC)c1. The lowest BCUT2D eigenvalue weighted by molar-refractivity contribution is 0.386. The molecule has 0 aliphatic heterocycles. The Morgan fingerprint density at radius 1 is 1.04 bits per heavy atom. The number of anilines is 1. The van der Waals surface area contributed by atoms with Gasteiger partial charge in [0.25, 0.3) is 10.0 Å². The molecule has 3 rings (SSSR count). The van der Waals surface area contributed by atoms with Gasteiger partial charge in [0.05, 0.1) is 30.8 Å². The van der Waals surface area contributed by atoms with Crippen LogP contribution in [0, 0.1) is 0 Å². The molecule has 1 aromatic heterocycles. The van der Waals surface area contributed by atoms with Gasteiger partial charge in [-0.25, -0.2) is 8.42 Å². The maximum absolute atomic E-state index is 12.7. The first-order valence-electron chi connectivity index (χ1n) is 8.04. The maximum atomic E-state index is 12.7. The van der Waals surface area contributed by atoms with Crippen LogP contribution in [0.2, 0.25) is 10.0 Å². The largest absolute Gasteiger partial charge is 0.497 e. The average Bonchev–Trinajstić information content (AvgIpc) is 3.10. The van der Waals surface area contributed by atoms with Crippen molar-refractivity contribution in [1.82, 2.24) is 9.78 Å². The number of nitrogens with zero attached hydrogens (tertiary/aromatic N) is 2. The van der Waals surface area contributed by atoms with Gasteiger partial charge in [0.1, 0.15) is 16.4 Å². The van der Waals surface area contributed by atoms with E-state index in [0.29, 0.717) is 22.3 Å². The highest BCUT2D eigenvalue weighted by molar-refractivity contribution is 7.92. The highest BCUT2D eigenvalue weighted by Gasteiger charge is 2.21. The van der Waals surface area contributed by atoms with E-state index in [2.05, 4.69) is 9.82 Å². The number of sulfonamides is 1. The van der Waals surface area contributed by atoms with Crippen LogP contribution in [-0.2, 0) is 16.6 Å². The van der Waals surface area contributed by atoms with Gasteiger partial charge in [-0.1, -0.05) is 29.3 Å². The summed E-state index contributed by atoms with van der Waals surface area (Å²) in [5, 5.41) is 5.15. The summed E-state index contributed by atoms with van der Waals surface area (Å²) in [5.74, 6) is 0.835. The first-order chi connectivity index (χ1) is 13.3. The van der Waals surface area contributed by atoms with Crippen LogP contribution < -0.4 is 14.2 Å². The normalized spacial score (nSPS) is 11.3. The summed E-state index contributed by atoms with van der Waals surface area (Å²) < 4.78 is 39.7. The first kappa shape index (κ1) is 20.3. The topological polar surface area (TPSA) is 82.5 Å². The fourth-order valence-corrected chi connectivity index (χ4v) is 3.99. The predicted octanol–water partition coefficient (Wildman–Crippen LogP) is 4.06. The van der Waals surface area contributed by atoms with E-state index in [-0.39, 0.29) is 16.5 Å². The van der Waals surface area contributed by atoms with Gasteiger partial charge in [-0.2, -0.15) is 5.10 Å². The van der Waals surface area contributed by atoms with E-state index in [0.717, 1.165) is 5.56 Å². The van der Waals surface area contributed by atoms with Crippen molar-refractivity contribution in [3.63, 3.8) is 0 Å². The third-order valence-electron chi connectivity index (χ3n) is 3.87. The molecule has 1 heterocycles. The van der Waals surface area contributed by atoms with Gasteiger partial charge in [0, 0.05) is 18.3 Å². The molecule has 10 heteroatoms. The lowest BCUT2D eigenvalue weighted by Gasteiger charge is -2.11. The van der Waals surface area contributed by atoms with E-state index in [9.17, 15) is 8.42 Å². The molecular weight excluding hydrogens is 425 g/mol. The van der Waals surface area contributed by atoms with E-state index in [1.807, 2.05) is 6.07 Å². The lowest BCUT2D eigenvalue weighted by atomic mass is 10.2. The third-order valence-corrected chi connectivity index (χ3v) is 6.00. The molecule has 148 valence electrons. The number of methoxy groups -OCH3 is 2. The van der Waals surface area contributed by atoms with E-state index >= 15 is 0 Å². The molecule has 0 radical (unpaired) electrons. The molecule has 28 heavy (non-hydrogen) atoms. The Morgan fingerprint density at radius 2 is 1.82 bits per heavy atom. The molecule has 0 amide bonds. The molecule has 0 saturated carbocycles. The second-order valence-corrected chi connectivity index (χ2v) is 8.23. The number of hydrogen-bond acceptors (Lipinski definition) is 5. The molecule has 0 unspecified atom stereocenters. The van der Waals surface area contributed by atoms with Crippen molar-refractivity contribution in [3.8, 4) is 11.5 Å². The highest BCUT2D eigenvalue weighted by Crippen LogP contribution is 2.29. The van der Waals surface area contributed by atoms with Crippen LogP contribution in [0.5, 0.6) is 11.5 Å². The molecule has 3 aromatic rings. The molecule has 0 atom stereocenters. The van der Waals surface area contributed by atoms with Crippen LogP contribution in [-0.4, -0.2) is 32.4 Å². The fraction of sp³-hybridized carbons (Fsp3) is 0.167. The van der Waals surface area contributed by atoms with Crippen molar-refractivity contribution in [1.29, 1.82) is 0 Å². The zero-order valence-electron chi connectivity index (χ0n) is 15.0. The average molecular weight is 442 g/mol. The van der Waals surface area contributed by atoms with Crippen LogP contribution in [0.25, 0.3) is 0 Å². The summed E-state index contributed by atoms with van der Waals surface area (Å²) in [7, 11) is -1.02. The summed E-state index contributed by atoms with van der Waals surface area (Å²) in [6, 6.07) is 11.3. The summed E-state index contributed by atoms with van der Waals surface area (Å²) in [5.41, 5.74) is 0.878. The fourth-order valence-electron chi connectivity index (χ4n) is 2.52. The van der Waals surface area contributed by atoms with Crippen molar-refractivity contribution in [3.05, 3.63) is 64.3 Å². The van der Waals surface area contributed by atoms with E-state index in [1.165, 1.54) is 26.4 Å².